The van der Waals surface area contributed by atoms with Crippen LogP contribution in [0.4, 0.5) is 0 Å². The maximum absolute atomic E-state index is 11.7. The van der Waals surface area contributed by atoms with Crippen molar-refractivity contribution in [2.75, 3.05) is 6.26 Å². The van der Waals surface area contributed by atoms with Crippen molar-refractivity contribution >= 4 is 21.4 Å². The van der Waals surface area contributed by atoms with E-state index in [9.17, 15) is 13.5 Å². The van der Waals surface area contributed by atoms with Gasteiger partial charge in [-0.2, -0.15) is 0 Å². The highest BCUT2D eigenvalue weighted by Gasteiger charge is 2.44. The Labute approximate surface area is 107 Å². The minimum Gasteiger partial charge on any atom is -0.385 e. The van der Waals surface area contributed by atoms with Crippen molar-refractivity contribution in [3.63, 3.8) is 0 Å². The summed E-state index contributed by atoms with van der Waals surface area (Å²) >= 11 is 6.10. The van der Waals surface area contributed by atoms with Crippen molar-refractivity contribution in [1.29, 1.82) is 0 Å². The third kappa shape index (κ3) is 2.81. The van der Waals surface area contributed by atoms with Crippen molar-refractivity contribution in [1.82, 2.24) is 0 Å². The number of alkyl halides is 1. The van der Waals surface area contributed by atoms with Crippen LogP contribution in [0.25, 0.3) is 0 Å². The maximum Gasteiger partial charge on any atom is 0.174 e. The van der Waals surface area contributed by atoms with E-state index in [1.54, 1.807) is 25.1 Å². The Kier molecular flexibility index (Phi) is 4.23. The Morgan fingerprint density at radius 1 is 1.47 bits per heavy atom. The molecule has 0 aliphatic heterocycles. The normalized spacial score (nSPS) is 17.5. The molecule has 2 atom stereocenters. The van der Waals surface area contributed by atoms with Gasteiger partial charge in [-0.25, -0.2) is 8.42 Å². The van der Waals surface area contributed by atoms with Gasteiger partial charge in [0.25, 0.3) is 0 Å². The molecule has 3 nitrogen and oxygen atoms in total. The standard InChI is InChI=1S/C12H17ClO3S/c1-4-12(13,17(3,15)16)11(14)10-7-5-6-9(2)8-10/h5-8,11,14H,4H2,1-3H3/t11-,12+/m1/s1. The van der Waals surface area contributed by atoms with Gasteiger partial charge in [0, 0.05) is 6.26 Å². The molecule has 0 bridgehead atoms. The van der Waals surface area contributed by atoms with Gasteiger partial charge in [-0.15, -0.1) is 0 Å². The van der Waals surface area contributed by atoms with Crippen LogP contribution in [0, 0.1) is 6.92 Å². The van der Waals surface area contributed by atoms with Crippen LogP contribution in [0.15, 0.2) is 24.3 Å². The minimum atomic E-state index is -3.56. The molecule has 0 unspecified atom stereocenters. The molecule has 0 amide bonds. The molecule has 0 spiro atoms. The Hall–Kier alpha value is -0.580. The Balaban J connectivity index is 3.24. The first kappa shape index (κ1) is 14.5. The number of rotatable bonds is 4. The zero-order valence-electron chi connectivity index (χ0n) is 10.1. The van der Waals surface area contributed by atoms with Crippen molar-refractivity contribution < 1.29 is 13.5 Å². The van der Waals surface area contributed by atoms with Crippen molar-refractivity contribution in [2.24, 2.45) is 0 Å². The van der Waals surface area contributed by atoms with Gasteiger partial charge in [0.1, 0.15) is 6.10 Å². The summed E-state index contributed by atoms with van der Waals surface area (Å²) < 4.78 is 21.7. The first-order chi connectivity index (χ1) is 7.72. The van der Waals surface area contributed by atoms with Crippen LogP contribution in [-0.4, -0.2) is 24.0 Å². The Morgan fingerprint density at radius 3 is 2.47 bits per heavy atom. The summed E-state index contributed by atoms with van der Waals surface area (Å²) in [5, 5.41) is 10.2. The maximum atomic E-state index is 11.7. The van der Waals surface area contributed by atoms with Gasteiger partial charge < -0.3 is 5.11 Å². The molecule has 0 saturated heterocycles. The molecule has 5 heteroatoms. The van der Waals surface area contributed by atoms with Crippen LogP contribution in [0.2, 0.25) is 0 Å². The number of hydrogen-bond acceptors (Lipinski definition) is 3. The predicted octanol–water partition coefficient (Wildman–Crippen LogP) is 2.42. The van der Waals surface area contributed by atoms with E-state index in [0.29, 0.717) is 5.56 Å². The first-order valence-corrected chi connectivity index (χ1v) is 7.62. The lowest BCUT2D eigenvalue weighted by atomic mass is 10.0. The highest BCUT2D eigenvalue weighted by atomic mass is 35.5. The third-order valence-electron chi connectivity index (χ3n) is 2.86. The summed E-state index contributed by atoms with van der Waals surface area (Å²) in [5.41, 5.74) is 1.47. The lowest BCUT2D eigenvalue weighted by molar-refractivity contribution is 0.155. The second-order valence-corrected chi connectivity index (χ2v) is 7.40. The van der Waals surface area contributed by atoms with E-state index in [4.69, 9.17) is 11.6 Å². The van der Waals surface area contributed by atoms with E-state index in [0.717, 1.165) is 11.8 Å². The van der Waals surface area contributed by atoms with E-state index in [2.05, 4.69) is 0 Å². The number of sulfone groups is 1. The summed E-state index contributed by atoms with van der Waals surface area (Å²) in [6, 6.07) is 7.06. The van der Waals surface area contributed by atoms with Gasteiger partial charge >= 0.3 is 0 Å². The predicted molar refractivity (Wildman–Crippen MR) is 69.9 cm³/mol. The van der Waals surface area contributed by atoms with Gasteiger partial charge in [-0.3, -0.25) is 0 Å². The highest BCUT2D eigenvalue weighted by Crippen LogP contribution is 2.39. The molecule has 0 aromatic heterocycles. The van der Waals surface area contributed by atoms with Crippen LogP contribution in [-0.2, 0) is 9.84 Å². The molecule has 0 heterocycles. The van der Waals surface area contributed by atoms with Gasteiger partial charge in [0.2, 0.25) is 0 Å². The Bertz CT molecular complexity index is 498. The number of benzene rings is 1. The van der Waals surface area contributed by atoms with Gasteiger partial charge in [-0.1, -0.05) is 48.4 Å². The van der Waals surface area contributed by atoms with E-state index in [1.807, 2.05) is 13.0 Å². The molecule has 0 fully saturated rings. The summed E-state index contributed by atoms with van der Waals surface area (Å²) in [5.74, 6) is 0. The topological polar surface area (TPSA) is 54.4 Å². The lowest BCUT2D eigenvalue weighted by Crippen LogP contribution is -2.37. The van der Waals surface area contributed by atoms with Gasteiger partial charge in [-0.05, 0) is 18.9 Å². The fourth-order valence-corrected chi connectivity index (χ4v) is 2.94. The molecule has 0 aliphatic rings. The fraction of sp³-hybridized carbons (Fsp3) is 0.500. The number of aliphatic hydroxyl groups excluding tert-OH is 1. The number of aliphatic hydroxyl groups is 1. The molecule has 1 N–H and O–H groups in total. The molecule has 1 rings (SSSR count). The molecular formula is C12H17ClO3S. The largest absolute Gasteiger partial charge is 0.385 e. The summed E-state index contributed by atoms with van der Waals surface area (Å²) in [4.78, 5) is 0. The molecule has 1 aromatic carbocycles. The quantitative estimate of drug-likeness (QED) is 0.860. The summed E-state index contributed by atoms with van der Waals surface area (Å²) in [6.45, 7) is 3.52. The summed E-state index contributed by atoms with van der Waals surface area (Å²) in [7, 11) is -3.56. The zero-order chi connectivity index (χ0) is 13.3. The van der Waals surface area contributed by atoms with E-state index in [-0.39, 0.29) is 6.42 Å². The fourth-order valence-electron chi connectivity index (χ4n) is 1.75. The first-order valence-electron chi connectivity index (χ1n) is 5.35. The van der Waals surface area contributed by atoms with E-state index < -0.39 is 20.1 Å². The van der Waals surface area contributed by atoms with Crippen LogP contribution in [0.1, 0.15) is 30.6 Å². The second-order valence-electron chi connectivity index (χ2n) is 4.23. The van der Waals surface area contributed by atoms with Crippen LogP contribution in [0.5, 0.6) is 0 Å². The van der Waals surface area contributed by atoms with Crippen LogP contribution >= 0.6 is 11.6 Å². The number of hydrogen-bond donors (Lipinski definition) is 1. The molecule has 0 saturated carbocycles. The van der Waals surface area contributed by atoms with Crippen molar-refractivity contribution in [3.05, 3.63) is 35.4 Å². The second kappa shape index (κ2) is 4.96. The molecular weight excluding hydrogens is 260 g/mol. The molecule has 1 aromatic rings. The van der Waals surface area contributed by atoms with Crippen LogP contribution in [0.3, 0.4) is 0 Å². The molecule has 17 heavy (non-hydrogen) atoms. The molecule has 0 aliphatic carbocycles. The van der Waals surface area contributed by atoms with Crippen molar-refractivity contribution in [3.8, 4) is 0 Å². The van der Waals surface area contributed by atoms with Gasteiger partial charge in [0.05, 0.1) is 0 Å². The van der Waals surface area contributed by atoms with E-state index >= 15 is 0 Å². The number of aryl methyl sites for hydroxylation is 1. The Morgan fingerprint density at radius 2 is 2.06 bits per heavy atom. The van der Waals surface area contributed by atoms with Gasteiger partial charge in [0.15, 0.2) is 14.0 Å². The van der Waals surface area contributed by atoms with Crippen molar-refractivity contribution in [2.45, 2.75) is 30.6 Å². The zero-order valence-corrected chi connectivity index (χ0v) is 11.7. The molecule has 0 radical (unpaired) electrons. The van der Waals surface area contributed by atoms with E-state index in [1.165, 1.54) is 0 Å². The third-order valence-corrected chi connectivity index (χ3v) is 5.92. The monoisotopic (exact) mass is 276 g/mol. The lowest BCUT2D eigenvalue weighted by Gasteiger charge is -2.29. The van der Waals surface area contributed by atoms with Crippen LogP contribution < -0.4 is 0 Å². The summed E-state index contributed by atoms with van der Waals surface area (Å²) in [6.07, 6.45) is -0.0468. The average Bonchev–Trinajstić information content (AvgIpc) is 2.25. The SMILES string of the molecule is CC[C@@](Cl)([C@H](O)c1cccc(C)c1)S(C)(=O)=O. The smallest absolute Gasteiger partial charge is 0.174 e. The number of halogens is 1. The average molecular weight is 277 g/mol. The molecule has 96 valence electrons. The highest BCUT2D eigenvalue weighted by molar-refractivity contribution is 7.93. The minimum absolute atomic E-state index is 0.141.